The molecule has 0 aromatic heterocycles. The third kappa shape index (κ3) is 3.39. The van der Waals surface area contributed by atoms with Crippen molar-refractivity contribution in [1.29, 1.82) is 0 Å². The number of rotatable bonds is 6. The van der Waals surface area contributed by atoms with Crippen molar-refractivity contribution in [2.75, 3.05) is 45.9 Å². The Morgan fingerprint density at radius 3 is 2.50 bits per heavy atom. The summed E-state index contributed by atoms with van der Waals surface area (Å²) in [5.74, 6) is 0. The second kappa shape index (κ2) is 6.51. The van der Waals surface area contributed by atoms with Crippen LogP contribution in [0.3, 0.4) is 0 Å². The highest BCUT2D eigenvalue weighted by Crippen LogP contribution is 2.09. The minimum absolute atomic E-state index is 0.0214. The summed E-state index contributed by atoms with van der Waals surface area (Å²) in [5.41, 5.74) is 0. The van der Waals surface area contributed by atoms with Crippen LogP contribution in [0.2, 0.25) is 0 Å². The van der Waals surface area contributed by atoms with Crippen LogP contribution < -0.4 is 5.32 Å². The van der Waals surface area contributed by atoms with E-state index in [4.69, 9.17) is 5.11 Å². The molecule has 0 atom stereocenters. The van der Waals surface area contributed by atoms with Crippen molar-refractivity contribution >= 4 is 10.2 Å². The average Bonchev–Trinajstić information content (AvgIpc) is 2.31. The zero-order valence-electron chi connectivity index (χ0n) is 9.72. The van der Waals surface area contributed by atoms with Gasteiger partial charge in [0.05, 0.1) is 0 Å². The Hall–Kier alpha value is -0.210. The highest BCUT2D eigenvalue weighted by molar-refractivity contribution is 7.86. The molecule has 96 valence electrons. The van der Waals surface area contributed by atoms with Crippen LogP contribution >= 0.6 is 0 Å². The first kappa shape index (κ1) is 13.9. The zero-order chi connectivity index (χ0) is 12.0. The van der Waals surface area contributed by atoms with Crippen LogP contribution in [0.1, 0.15) is 13.3 Å². The number of hydrogen-bond acceptors (Lipinski definition) is 4. The molecule has 0 amide bonds. The summed E-state index contributed by atoms with van der Waals surface area (Å²) < 4.78 is 27.3. The van der Waals surface area contributed by atoms with Crippen molar-refractivity contribution in [3.05, 3.63) is 0 Å². The minimum Gasteiger partial charge on any atom is -0.396 e. The molecule has 0 unspecified atom stereocenters. The Morgan fingerprint density at radius 2 is 2.00 bits per heavy atom. The van der Waals surface area contributed by atoms with Crippen LogP contribution in [0, 0.1) is 0 Å². The van der Waals surface area contributed by atoms with Crippen molar-refractivity contribution in [3.8, 4) is 0 Å². The molecular weight excluding hydrogens is 230 g/mol. The molecule has 0 aromatic rings. The standard InChI is InChI=1S/C9H21N3O3S/c1-2-11(6-3-9-13)16(14,15)12-7-4-10-5-8-12/h10,13H,2-9H2,1H3. The van der Waals surface area contributed by atoms with Crippen LogP contribution in [0.5, 0.6) is 0 Å². The van der Waals surface area contributed by atoms with Gasteiger partial charge in [-0.05, 0) is 6.42 Å². The monoisotopic (exact) mass is 251 g/mol. The quantitative estimate of drug-likeness (QED) is 0.624. The maximum absolute atomic E-state index is 12.2. The van der Waals surface area contributed by atoms with Gasteiger partial charge < -0.3 is 10.4 Å². The van der Waals surface area contributed by atoms with Crippen LogP contribution in [0.15, 0.2) is 0 Å². The Balaban J connectivity index is 2.64. The zero-order valence-corrected chi connectivity index (χ0v) is 10.5. The van der Waals surface area contributed by atoms with Crippen molar-refractivity contribution < 1.29 is 13.5 Å². The Kier molecular flexibility index (Phi) is 5.63. The predicted octanol–water partition coefficient (Wildman–Crippen LogP) is -1.16. The van der Waals surface area contributed by atoms with Gasteiger partial charge in [-0.25, -0.2) is 0 Å². The van der Waals surface area contributed by atoms with E-state index < -0.39 is 10.2 Å². The van der Waals surface area contributed by atoms with Gasteiger partial charge in [0.25, 0.3) is 10.2 Å². The number of hydrogen-bond donors (Lipinski definition) is 2. The van der Waals surface area contributed by atoms with Crippen molar-refractivity contribution in [1.82, 2.24) is 13.9 Å². The Morgan fingerprint density at radius 1 is 1.38 bits per heavy atom. The van der Waals surface area contributed by atoms with Gasteiger partial charge in [0.2, 0.25) is 0 Å². The lowest BCUT2D eigenvalue weighted by atomic mass is 10.4. The van der Waals surface area contributed by atoms with Gasteiger partial charge in [-0.1, -0.05) is 6.92 Å². The fourth-order valence-electron chi connectivity index (χ4n) is 1.72. The maximum Gasteiger partial charge on any atom is 0.282 e. The molecule has 1 heterocycles. The number of aliphatic hydroxyl groups excluding tert-OH is 1. The summed E-state index contributed by atoms with van der Waals surface area (Å²) in [6.07, 6.45) is 0.485. The summed E-state index contributed by atoms with van der Waals surface area (Å²) in [7, 11) is -3.33. The van der Waals surface area contributed by atoms with E-state index in [0.717, 1.165) is 0 Å². The molecule has 2 N–H and O–H groups in total. The molecule has 1 rings (SSSR count). The molecule has 0 bridgehead atoms. The second-order valence-corrected chi connectivity index (χ2v) is 5.65. The molecular formula is C9H21N3O3S. The highest BCUT2D eigenvalue weighted by atomic mass is 32.2. The van der Waals surface area contributed by atoms with E-state index in [-0.39, 0.29) is 6.61 Å². The van der Waals surface area contributed by atoms with E-state index in [1.807, 2.05) is 6.92 Å². The molecule has 0 radical (unpaired) electrons. The third-order valence-electron chi connectivity index (χ3n) is 2.65. The van der Waals surface area contributed by atoms with E-state index in [2.05, 4.69) is 5.32 Å². The molecule has 6 nitrogen and oxygen atoms in total. The first-order valence-corrected chi connectivity index (χ1v) is 7.09. The molecule has 0 aliphatic carbocycles. The summed E-state index contributed by atoms with van der Waals surface area (Å²) in [6, 6.07) is 0. The highest BCUT2D eigenvalue weighted by Gasteiger charge is 2.28. The van der Waals surface area contributed by atoms with Gasteiger partial charge in [-0.2, -0.15) is 17.0 Å². The second-order valence-electron chi connectivity index (χ2n) is 3.73. The van der Waals surface area contributed by atoms with Gasteiger partial charge in [0.15, 0.2) is 0 Å². The SMILES string of the molecule is CCN(CCCO)S(=O)(=O)N1CCNCC1. The molecule has 7 heteroatoms. The Bertz CT molecular complexity index is 288. The van der Waals surface area contributed by atoms with E-state index in [0.29, 0.717) is 45.7 Å². The van der Waals surface area contributed by atoms with E-state index in [1.165, 1.54) is 8.61 Å². The van der Waals surface area contributed by atoms with Crippen molar-refractivity contribution in [3.63, 3.8) is 0 Å². The molecule has 0 spiro atoms. The van der Waals surface area contributed by atoms with Gasteiger partial charge in [-0.15, -0.1) is 0 Å². The largest absolute Gasteiger partial charge is 0.396 e. The Labute approximate surface area is 97.4 Å². The average molecular weight is 251 g/mol. The van der Waals surface area contributed by atoms with Gasteiger partial charge in [0.1, 0.15) is 0 Å². The van der Waals surface area contributed by atoms with Crippen molar-refractivity contribution in [2.45, 2.75) is 13.3 Å². The lowest BCUT2D eigenvalue weighted by molar-refractivity contribution is 0.261. The first-order valence-electron chi connectivity index (χ1n) is 5.69. The molecule has 0 saturated carbocycles. The van der Waals surface area contributed by atoms with Crippen molar-refractivity contribution in [2.24, 2.45) is 0 Å². The first-order chi connectivity index (χ1) is 7.62. The van der Waals surface area contributed by atoms with E-state index >= 15 is 0 Å². The molecule has 1 saturated heterocycles. The van der Waals surface area contributed by atoms with Gasteiger partial charge >= 0.3 is 0 Å². The lowest BCUT2D eigenvalue weighted by Crippen LogP contribution is -2.51. The van der Waals surface area contributed by atoms with Crippen LogP contribution in [0.25, 0.3) is 0 Å². The lowest BCUT2D eigenvalue weighted by Gasteiger charge is -2.31. The fraction of sp³-hybridized carbons (Fsp3) is 1.00. The summed E-state index contributed by atoms with van der Waals surface area (Å²) in [6.45, 7) is 5.14. The summed E-state index contributed by atoms with van der Waals surface area (Å²) in [4.78, 5) is 0. The molecule has 1 aliphatic heterocycles. The van der Waals surface area contributed by atoms with Crippen LogP contribution in [-0.2, 0) is 10.2 Å². The number of nitrogens with one attached hydrogen (secondary N) is 1. The smallest absolute Gasteiger partial charge is 0.282 e. The van der Waals surface area contributed by atoms with Crippen LogP contribution in [0.4, 0.5) is 0 Å². The fourth-order valence-corrected chi connectivity index (χ4v) is 3.38. The molecule has 0 aromatic carbocycles. The van der Waals surface area contributed by atoms with Gasteiger partial charge in [0, 0.05) is 45.9 Å². The minimum atomic E-state index is -3.33. The predicted molar refractivity (Wildman–Crippen MR) is 62.3 cm³/mol. The topological polar surface area (TPSA) is 72.9 Å². The van der Waals surface area contributed by atoms with Crippen LogP contribution in [-0.4, -0.2) is 68.0 Å². The third-order valence-corrected chi connectivity index (χ3v) is 4.76. The molecule has 1 aliphatic rings. The maximum atomic E-state index is 12.2. The number of nitrogens with zero attached hydrogens (tertiary/aromatic N) is 2. The number of piperazine rings is 1. The summed E-state index contributed by atoms with van der Waals surface area (Å²) in [5, 5.41) is 11.9. The molecule has 16 heavy (non-hydrogen) atoms. The normalized spacial score (nSPS) is 19.2. The number of aliphatic hydroxyl groups is 1. The van der Waals surface area contributed by atoms with E-state index in [1.54, 1.807) is 0 Å². The van der Waals surface area contributed by atoms with E-state index in [9.17, 15) is 8.42 Å². The summed E-state index contributed by atoms with van der Waals surface area (Å²) >= 11 is 0. The van der Waals surface area contributed by atoms with Gasteiger partial charge in [-0.3, -0.25) is 0 Å². The molecule has 1 fully saturated rings.